The smallest absolute Gasteiger partial charge is 0.161 e. The molecule has 0 bridgehead atoms. The summed E-state index contributed by atoms with van der Waals surface area (Å²) in [5.41, 5.74) is 0. The second kappa shape index (κ2) is 6.96. The SMILES string of the molecule is COCCCC(=O)C(O)C1CCCCC1. The van der Waals surface area contributed by atoms with E-state index in [-0.39, 0.29) is 11.7 Å². The summed E-state index contributed by atoms with van der Waals surface area (Å²) in [5.74, 6) is 0.216. The summed E-state index contributed by atoms with van der Waals surface area (Å²) in [6.45, 7) is 0.600. The van der Waals surface area contributed by atoms with E-state index in [0.717, 1.165) is 32.1 Å². The van der Waals surface area contributed by atoms with Gasteiger partial charge < -0.3 is 9.84 Å². The van der Waals surface area contributed by atoms with E-state index in [1.165, 1.54) is 6.42 Å². The molecule has 0 aromatic heterocycles. The summed E-state index contributed by atoms with van der Waals surface area (Å²) >= 11 is 0. The zero-order valence-corrected chi connectivity index (χ0v) is 9.58. The molecule has 3 heteroatoms. The lowest BCUT2D eigenvalue weighted by atomic mass is 9.83. The van der Waals surface area contributed by atoms with Gasteiger partial charge in [0.15, 0.2) is 5.78 Å². The highest BCUT2D eigenvalue weighted by molar-refractivity contribution is 5.83. The summed E-state index contributed by atoms with van der Waals surface area (Å²) in [5, 5.41) is 9.85. The molecule has 0 saturated heterocycles. The first-order valence-corrected chi connectivity index (χ1v) is 5.95. The van der Waals surface area contributed by atoms with Crippen LogP contribution >= 0.6 is 0 Å². The maximum Gasteiger partial charge on any atom is 0.161 e. The highest BCUT2D eigenvalue weighted by atomic mass is 16.5. The topological polar surface area (TPSA) is 46.5 Å². The summed E-state index contributed by atoms with van der Waals surface area (Å²) in [6.07, 6.45) is 6.04. The van der Waals surface area contributed by atoms with Crippen molar-refractivity contribution >= 4 is 5.78 Å². The molecule has 1 rings (SSSR count). The zero-order valence-electron chi connectivity index (χ0n) is 9.58. The Morgan fingerprint density at radius 2 is 2.07 bits per heavy atom. The molecule has 1 atom stereocenters. The highest BCUT2D eigenvalue weighted by Crippen LogP contribution is 2.27. The Kier molecular flexibility index (Phi) is 5.88. The molecule has 1 N–H and O–H groups in total. The Morgan fingerprint density at radius 1 is 1.40 bits per heavy atom. The van der Waals surface area contributed by atoms with E-state index in [2.05, 4.69) is 0 Å². The molecular weight excluding hydrogens is 192 g/mol. The molecule has 15 heavy (non-hydrogen) atoms. The number of hydrogen-bond donors (Lipinski definition) is 1. The number of hydrogen-bond acceptors (Lipinski definition) is 3. The number of aliphatic hydroxyl groups is 1. The van der Waals surface area contributed by atoms with Gasteiger partial charge in [0.25, 0.3) is 0 Å². The van der Waals surface area contributed by atoms with Crippen LogP contribution in [0.3, 0.4) is 0 Å². The van der Waals surface area contributed by atoms with Crippen LogP contribution in [0.15, 0.2) is 0 Å². The Labute approximate surface area is 91.8 Å². The van der Waals surface area contributed by atoms with E-state index in [1.807, 2.05) is 0 Å². The Balaban J connectivity index is 2.24. The molecule has 1 saturated carbocycles. The van der Waals surface area contributed by atoms with Crippen molar-refractivity contribution in [2.24, 2.45) is 5.92 Å². The summed E-state index contributed by atoms with van der Waals surface area (Å²) in [7, 11) is 1.63. The van der Waals surface area contributed by atoms with Crippen molar-refractivity contribution in [3.63, 3.8) is 0 Å². The Bertz CT molecular complexity index is 185. The van der Waals surface area contributed by atoms with Gasteiger partial charge in [-0.2, -0.15) is 0 Å². The van der Waals surface area contributed by atoms with Crippen LogP contribution in [0.4, 0.5) is 0 Å². The average molecular weight is 214 g/mol. The Morgan fingerprint density at radius 3 is 2.67 bits per heavy atom. The van der Waals surface area contributed by atoms with Crippen molar-refractivity contribution in [2.75, 3.05) is 13.7 Å². The second-order valence-corrected chi connectivity index (χ2v) is 4.41. The molecule has 88 valence electrons. The number of ether oxygens (including phenoxy) is 1. The standard InChI is InChI=1S/C12H22O3/c1-15-9-5-8-11(13)12(14)10-6-3-2-4-7-10/h10,12,14H,2-9H2,1H3. The minimum Gasteiger partial charge on any atom is -0.385 e. The van der Waals surface area contributed by atoms with E-state index >= 15 is 0 Å². The van der Waals surface area contributed by atoms with Crippen LogP contribution in [0.25, 0.3) is 0 Å². The minimum atomic E-state index is -0.720. The predicted octanol–water partition coefficient (Wildman–Crippen LogP) is 1.92. The fourth-order valence-corrected chi connectivity index (χ4v) is 2.25. The lowest BCUT2D eigenvalue weighted by Crippen LogP contribution is -2.31. The minimum absolute atomic E-state index is 0.000972. The van der Waals surface area contributed by atoms with Gasteiger partial charge in [0.05, 0.1) is 0 Å². The van der Waals surface area contributed by atoms with E-state index in [4.69, 9.17) is 4.74 Å². The van der Waals surface area contributed by atoms with Crippen LogP contribution in [0.5, 0.6) is 0 Å². The first-order valence-electron chi connectivity index (χ1n) is 5.95. The number of carbonyl (C=O) groups excluding carboxylic acids is 1. The number of Topliss-reactive ketones (excluding diaryl/α,β-unsaturated/α-hetero) is 1. The van der Waals surface area contributed by atoms with Crippen molar-refractivity contribution in [1.29, 1.82) is 0 Å². The molecule has 1 fully saturated rings. The van der Waals surface area contributed by atoms with E-state index < -0.39 is 6.10 Å². The summed E-state index contributed by atoms with van der Waals surface area (Å²) in [4.78, 5) is 11.6. The van der Waals surface area contributed by atoms with Gasteiger partial charge in [-0.3, -0.25) is 4.79 Å². The quantitative estimate of drug-likeness (QED) is 0.687. The molecule has 1 aliphatic rings. The number of methoxy groups -OCH3 is 1. The third-order valence-electron chi connectivity index (χ3n) is 3.20. The molecule has 0 radical (unpaired) electrons. The maximum absolute atomic E-state index is 11.6. The predicted molar refractivity (Wildman–Crippen MR) is 58.7 cm³/mol. The monoisotopic (exact) mass is 214 g/mol. The normalized spacial score (nSPS) is 20.1. The van der Waals surface area contributed by atoms with Gasteiger partial charge in [-0.15, -0.1) is 0 Å². The average Bonchev–Trinajstić information content (AvgIpc) is 2.29. The van der Waals surface area contributed by atoms with Crippen molar-refractivity contribution in [3.8, 4) is 0 Å². The first-order chi connectivity index (χ1) is 7.25. The van der Waals surface area contributed by atoms with Crippen molar-refractivity contribution in [3.05, 3.63) is 0 Å². The van der Waals surface area contributed by atoms with Crippen LogP contribution in [-0.2, 0) is 9.53 Å². The molecule has 0 aromatic rings. The van der Waals surface area contributed by atoms with Crippen LogP contribution in [-0.4, -0.2) is 30.7 Å². The first kappa shape index (κ1) is 12.7. The number of rotatable bonds is 6. The van der Waals surface area contributed by atoms with E-state index in [0.29, 0.717) is 13.0 Å². The van der Waals surface area contributed by atoms with E-state index in [1.54, 1.807) is 7.11 Å². The Hall–Kier alpha value is -0.410. The van der Waals surface area contributed by atoms with Crippen molar-refractivity contribution < 1.29 is 14.6 Å². The van der Waals surface area contributed by atoms with Gasteiger partial charge in [-0.05, 0) is 25.2 Å². The fraction of sp³-hybridized carbons (Fsp3) is 0.917. The van der Waals surface area contributed by atoms with Crippen LogP contribution in [0.2, 0.25) is 0 Å². The number of aliphatic hydroxyl groups excluding tert-OH is 1. The molecule has 0 heterocycles. The molecule has 0 amide bonds. The van der Waals surface area contributed by atoms with Gasteiger partial charge in [-0.1, -0.05) is 19.3 Å². The maximum atomic E-state index is 11.6. The van der Waals surface area contributed by atoms with Crippen molar-refractivity contribution in [1.82, 2.24) is 0 Å². The number of ketones is 1. The van der Waals surface area contributed by atoms with E-state index in [9.17, 15) is 9.90 Å². The highest BCUT2D eigenvalue weighted by Gasteiger charge is 2.26. The van der Waals surface area contributed by atoms with Crippen molar-refractivity contribution in [2.45, 2.75) is 51.0 Å². The van der Waals surface area contributed by atoms with Gasteiger partial charge in [0.2, 0.25) is 0 Å². The molecule has 1 unspecified atom stereocenters. The number of carbonyl (C=O) groups is 1. The molecule has 0 aliphatic heterocycles. The third-order valence-corrected chi connectivity index (χ3v) is 3.20. The fourth-order valence-electron chi connectivity index (χ4n) is 2.25. The summed E-state index contributed by atoms with van der Waals surface area (Å²) in [6, 6.07) is 0. The van der Waals surface area contributed by atoms with Gasteiger partial charge in [0, 0.05) is 20.1 Å². The lowest BCUT2D eigenvalue weighted by Gasteiger charge is -2.25. The zero-order chi connectivity index (χ0) is 11.1. The lowest BCUT2D eigenvalue weighted by molar-refractivity contribution is -0.130. The van der Waals surface area contributed by atoms with Gasteiger partial charge >= 0.3 is 0 Å². The van der Waals surface area contributed by atoms with Gasteiger partial charge in [-0.25, -0.2) is 0 Å². The van der Waals surface area contributed by atoms with Crippen LogP contribution in [0.1, 0.15) is 44.9 Å². The molecular formula is C12H22O3. The van der Waals surface area contributed by atoms with Gasteiger partial charge in [0.1, 0.15) is 6.10 Å². The molecule has 0 aromatic carbocycles. The van der Waals surface area contributed by atoms with Crippen LogP contribution < -0.4 is 0 Å². The molecule has 3 nitrogen and oxygen atoms in total. The third kappa shape index (κ3) is 4.31. The van der Waals surface area contributed by atoms with Crippen LogP contribution in [0, 0.1) is 5.92 Å². The second-order valence-electron chi connectivity index (χ2n) is 4.41. The molecule has 1 aliphatic carbocycles. The largest absolute Gasteiger partial charge is 0.385 e. The summed E-state index contributed by atoms with van der Waals surface area (Å²) < 4.78 is 4.88. The molecule has 0 spiro atoms.